The summed E-state index contributed by atoms with van der Waals surface area (Å²) in [5.74, 6) is -0.112. The Balaban J connectivity index is 1.45. The van der Waals surface area contributed by atoms with E-state index in [1.807, 2.05) is 6.07 Å². The first-order valence-corrected chi connectivity index (χ1v) is 12.9. The van der Waals surface area contributed by atoms with E-state index in [4.69, 9.17) is 4.74 Å². The summed E-state index contributed by atoms with van der Waals surface area (Å²) < 4.78 is 34.5. The van der Waals surface area contributed by atoms with Crippen LogP contribution in [0.4, 0.5) is 0 Å². The summed E-state index contributed by atoms with van der Waals surface area (Å²) in [5, 5.41) is 11.9. The normalized spacial score (nSPS) is 15.2. The van der Waals surface area contributed by atoms with Crippen LogP contribution in [0, 0.1) is 0 Å². The minimum atomic E-state index is -3.44. The van der Waals surface area contributed by atoms with E-state index in [2.05, 4.69) is 22.1 Å². The van der Waals surface area contributed by atoms with Gasteiger partial charge in [0.1, 0.15) is 0 Å². The monoisotopic (exact) mass is 492 g/mol. The van der Waals surface area contributed by atoms with Crippen molar-refractivity contribution >= 4 is 44.4 Å². The van der Waals surface area contributed by atoms with Crippen LogP contribution in [0.2, 0.25) is 0 Å². The zero-order valence-electron chi connectivity index (χ0n) is 17.8. The molecule has 13 heteroatoms. The van der Waals surface area contributed by atoms with E-state index in [9.17, 15) is 18.0 Å². The highest BCUT2D eigenvalue weighted by Crippen LogP contribution is 2.21. The van der Waals surface area contributed by atoms with Crippen molar-refractivity contribution in [3.05, 3.63) is 47.3 Å². The van der Waals surface area contributed by atoms with Crippen molar-refractivity contribution in [2.24, 2.45) is 0 Å². The van der Waals surface area contributed by atoms with Crippen molar-refractivity contribution in [3.8, 4) is 0 Å². The molecule has 3 aromatic rings. The van der Waals surface area contributed by atoms with Gasteiger partial charge in [-0.3, -0.25) is 18.6 Å². The predicted octanol–water partition coefficient (Wildman–Crippen LogP) is 0.101. The fourth-order valence-corrected chi connectivity index (χ4v) is 5.67. The second-order valence-electron chi connectivity index (χ2n) is 7.31. The summed E-state index contributed by atoms with van der Waals surface area (Å²) in [6.07, 6.45) is 1.61. The number of carbonyl (C=O) groups excluding carboxylic acids is 1. The topological polar surface area (TPSA) is 128 Å². The molecule has 1 fully saturated rings. The molecule has 0 radical (unpaired) electrons. The van der Waals surface area contributed by atoms with Crippen molar-refractivity contribution in [2.45, 2.75) is 11.7 Å². The van der Waals surface area contributed by atoms with Crippen LogP contribution in [0.5, 0.6) is 0 Å². The summed E-state index contributed by atoms with van der Waals surface area (Å²) in [7, 11) is -3.44. The molecule has 0 spiro atoms. The average molecular weight is 493 g/mol. The number of allylic oxidation sites excluding steroid dienone is 1. The number of thioether (sulfide) groups is 1. The lowest BCUT2D eigenvalue weighted by Gasteiger charge is -2.26. The summed E-state index contributed by atoms with van der Waals surface area (Å²) in [6, 6.07) is 7.12. The van der Waals surface area contributed by atoms with Crippen molar-refractivity contribution in [2.75, 3.05) is 44.4 Å². The molecular formula is C20H24N6O5S2. The van der Waals surface area contributed by atoms with Crippen LogP contribution in [0.3, 0.4) is 0 Å². The Bertz CT molecular complexity index is 1340. The number of aromatic nitrogens is 4. The first-order chi connectivity index (χ1) is 15.9. The Hall–Kier alpha value is -2.74. The standard InChI is InChI=1S/C20H24N6O5S2/c1-2-8-25-18(28)15-5-3-4-6-16(15)26-19(25)22-23-20(26)32-14-17(27)21-7-13-33(29,30)24-9-11-31-12-10-24/h2-6H,1,7-14H2,(H,21,27). The number of sulfonamides is 1. The molecule has 0 unspecified atom stereocenters. The molecule has 1 N–H and O–H groups in total. The molecule has 0 saturated carbocycles. The lowest BCUT2D eigenvalue weighted by atomic mass is 10.2. The third-order valence-electron chi connectivity index (χ3n) is 5.17. The van der Waals surface area contributed by atoms with Crippen molar-refractivity contribution in [3.63, 3.8) is 0 Å². The summed E-state index contributed by atoms with van der Waals surface area (Å²) in [6.45, 7) is 5.40. The number of carbonyl (C=O) groups is 1. The highest BCUT2D eigenvalue weighted by molar-refractivity contribution is 7.99. The van der Waals surface area contributed by atoms with Gasteiger partial charge >= 0.3 is 0 Å². The van der Waals surface area contributed by atoms with E-state index in [-0.39, 0.29) is 36.1 Å². The molecule has 2 aromatic heterocycles. The fraction of sp³-hybridized carbons (Fsp3) is 0.400. The van der Waals surface area contributed by atoms with E-state index in [1.54, 1.807) is 28.7 Å². The number of benzene rings is 1. The summed E-state index contributed by atoms with van der Waals surface area (Å²) in [5.41, 5.74) is 0.448. The number of amides is 1. The van der Waals surface area contributed by atoms with E-state index >= 15 is 0 Å². The zero-order chi connectivity index (χ0) is 23.4. The quantitative estimate of drug-likeness (QED) is 0.329. The fourth-order valence-electron chi connectivity index (χ4n) is 3.58. The maximum Gasteiger partial charge on any atom is 0.263 e. The number of hydrogen-bond acceptors (Lipinski definition) is 8. The highest BCUT2D eigenvalue weighted by atomic mass is 32.2. The van der Waals surface area contributed by atoms with E-state index in [0.717, 1.165) is 11.8 Å². The predicted molar refractivity (Wildman–Crippen MR) is 125 cm³/mol. The highest BCUT2D eigenvalue weighted by Gasteiger charge is 2.24. The zero-order valence-corrected chi connectivity index (χ0v) is 19.5. The molecule has 1 aliphatic heterocycles. The Kier molecular flexibility index (Phi) is 7.12. The molecule has 33 heavy (non-hydrogen) atoms. The van der Waals surface area contributed by atoms with Gasteiger partial charge in [-0.05, 0) is 12.1 Å². The minimum absolute atomic E-state index is 0.0153. The molecule has 4 rings (SSSR count). The maximum atomic E-state index is 12.8. The number of nitrogens with zero attached hydrogens (tertiary/aromatic N) is 5. The van der Waals surface area contributed by atoms with Crippen molar-refractivity contribution in [1.29, 1.82) is 0 Å². The van der Waals surface area contributed by atoms with E-state index in [0.29, 0.717) is 48.1 Å². The van der Waals surface area contributed by atoms with Crippen molar-refractivity contribution < 1.29 is 17.9 Å². The van der Waals surface area contributed by atoms with E-state index < -0.39 is 10.0 Å². The van der Waals surface area contributed by atoms with Gasteiger partial charge in [0.2, 0.25) is 21.7 Å². The van der Waals surface area contributed by atoms with Crippen LogP contribution < -0.4 is 10.9 Å². The summed E-state index contributed by atoms with van der Waals surface area (Å²) >= 11 is 1.16. The first-order valence-electron chi connectivity index (χ1n) is 10.3. The molecule has 0 bridgehead atoms. The van der Waals surface area contributed by atoms with Crippen LogP contribution in [0.15, 0.2) is 46.9 Å². The molecule has 0 atom stereocenters. The largest absolute Gasteiger partial charge is 0.379 e. The molecule has 3 heterocycles. The second kappa shape index (κ2) is 10.0. The van der Waals surface area contributed by atoms with E-state index in [1.165, 1.54) is 8.87 Å². The Labute approximate surface area is 194 Å². The Morgan fingerprint density at radius 1 is 1.24 bits per heavy atom. The molecular weight excluding hydrogens is 468 g/mol. The number of ether oxygens (including phenoxy) is 1. The number of rotatable bonds is 9. The third-order valence-corrected chi connectivity index (χ3v) is 7.97. The van der Waals surface area contributed by atoms with Crippen LogP contribution in [0.25, 0.3) is 16.7 Å². The molecule has 1 aliphatic rings. The van der Waals surface area contributed by atoms with Gasteiger partial charge in [-0.15, -0.1) is 16.8 Å². The number of para-hydroxylation sites is 1. The number of morpholine rings is 1. The average Bonchev–Trinajstić information content (AvgIpc) is 3.25. The first kappa shape index (κ1) is 23.4. The van der Waals surface area contributed by atoms with Gasteiger partial charge < -0.3 is 10.1 Å². The van der Waals surface area contributed by atoms with Gasteiger partial charge in [0.25, 0.3) is 5.56 Å². The van der Waals surface area contributed by atoms with Gasteiger partial charge in [-0.25, -0.2) is 8.42 Å². The Morgan fingerprint density at radius 3 is 2.76 bits per heavy atom. The number of nitrogens with one attached hydrogen (secondary N) is 1. The van der Waals surface area contributed by atoms with Gasteiger partial charge in [-0.1, -0.05) is 30.0 Å². The van der Waals surface area contributed by atoms with Crippen LogP contribution in [-0.2, 0) is 26.1 Å². The van der Waals surface area contributed by atoms with Gasteiger partial charge in [0.05, 0.1) is 35.6 Å². The SMILES string of the molecule is C=CCn1c(=O)c2ccccc2n2c(SCC(=O)NCCS(=O)(=O)N3CCOCC3)nnc12. The molecule has 1 saturated heterocycles. The van der Waals surface area contributed by atoms with Gasteiger partial charge in [-0.2, -0.15) is 4.31 Å². The number of fused-ring (bicyclic) bond motifs is 3. The smallest absolute Gasteiger partial charge is 0.263 e. The van der Waals surface area contributed by atoms with Crippen LogP contribution in [0.1, 0.15) is 0 Å². The van der Waals surface area contributed by atoms with Crippen LogP contribution in [-0.4, -0.2) is 82.1 Å². The molecule has 0 aliphatic carbocycles. The van der Waals surface area contributed by atoms with Crippen molar-refractivity contribution in [1.82, 2.24) is 28.8 Å². The second-order valence-corrected chi connectivity index (χ2v) is 10.3. The van der Waals surface area contributed by atoms with Crippen LogP contribution >= 0.6 is 11.8 Å². The molecule has 1 aromatic carbocycles. The third kappa shape index (κ3) is 4.95. The van der Waals surface area contributed by atoms with Gasteiger partial charge in [0, 0.05) is 26.2 Å². The molecule has 11 nitrogen and oxygen atoms in total. The Morgan fingerprint density at radius 2 is 2.00 bits per heavy atom. The molecule has 176 valence electrons. The lowest BCUT2D eigenvalue weighted by Crippen LogP contribution is -2.43. The number of hydrogen-bond donors (Lipinski definition) is 1. The maximum absolute atomic E-state index is 12.8. The van der Waals surface area contributed by atoms with Gasteiger partial charge in [0.15, 0.2) is 5.16 Å². The lowest BCUT2D eigenvalue weighted by molar-refractivity contribution is -0.118. The minimum Gasteiger partial charge on any atom is -0.379 e. The molecule has 1 amide bonds. The summed E-state index contributed by atoms with van der Waals surface area (Å²) in [4.78, 5) is 25.2.